The molecule has 0 bridgehead atoms. The standard InChI is InChI=1S/C21H24N4O2/c1-2-20(26)22-13-12-19-24-17-10-6-7-11-18(17)25(19)15-21(27)23-14-16-8-4-3-5-9-16/h3-11H,2,12-15H2,1H3,(H,22,26)(H,23,27). The molecule has 2 aromatic carbocycles. The molecule has 2 amide bonds. The van der Waals surface area contributed by atoms with Crippen molar-refractivity contribution in [1.82, 2.24) is 20.2 Å². The number of fused-ring (bicyclic) bond motifs is 1. The Bertz CT molecular complexity index is 918. The quantitative estimate of drug-likeness (QED) is 0.644. The second-order valence-electron chi connectivity index (χ2n) is 6.32. The average molecular weight is 364 g/mol. The molecular weight excluding hydrogens is 340 g/mol. The lowest BCUT2D eigenvalue weighted by atomic mass is 10.2. The lowest BCUT2D eigenvalue weighted by Gasteiger charge is -2.10. The van der Waals surface area contributed by atoms with Gasteiger partial charge < -0.3 is 15.2 Å². The summed E-state index contributed by atoms with van der Waals surface area (Å²) in [6, 6.07) is 17.6. The van der Waals surface area contributed by atoms with Gasteiger partial charge in [0.25, 0.3) is 0 Å². The minimum absolute atomic E-state index is 0.0123. The highest BCUT2D eigenvalue weighted by Gasteiger charge is 2.13. The van der Waals surface area contributed by atoms with Crippen molar-refractivity contribution < 1.29 is 9.59 Å². The first-order chi connectivity index (χ1) is 13.2. The zero-order valence-electron chi connectivity index (χ0n) is 15.4. The van der Waals surface area contributed by atoms with Crippen LogP contribution in [0, 0.1) is 0 Å². The molecule has 2 N–H and O–H groups in total. The lowest BCUT2D eigenvalue weighted by Crippen LogP contribution is -2.29. The molecule has 27 heavy (non-hydrogen) atoms. The Labute approximate surface area is 158 Å². The van der Waals surface area contributed by atoms with Crippen LogP contribution in [0.3, 0.4) is 0 Å². The highest BCUT2D eigenvalue weighted by molar-refractivity contribution is 5.81. The van der Waals surface area contributed by atoms with Crippen molar-refractivity contribution in [3.8, 4) is 0 Å². The highest BCUT2D eigenvalue weighted by Crippen LogP contribution is 2.16. The van der Waals surface area contributed by atoms with Crippen molar-refractivity contribution in [2.75, 3.05) is 6.54 Å². The third-order valence-electron chi connectivity index (χ3n) is 4.36. The largest absolute Gasteiger partial charge is 0.356 e. The van der Waals surface area contributed by atoms with Crippen LogP contribution in [0.2, 0.25) is 0 Å². The number of amides is 2. The van der Waals surface area contributed by atoms with Crippen LogP contribution >= 0.6 is 0 Å². The van der Waals surface area contributed by atoms with E-state index in [4.69, 9.17) is 0 Å². The first kappa shape index (κ1) is 18.6. The van der Waals surface area contributed by atoms with Crippen molar-refractivity contribution in [3.05, 3.63) is 66.0 Å². The molecule has 0 unspecified atom stereocenters. The van der Waals surface area contributed by atoms with Gasteiger partial charge >= 0.3 is 0 Å². The number of hydrogen-bond acceptors (Lipinski definition) is 3. The van der Waals surface area contributed by atoms with E-state index in [1.807, 2.05) is 66.1 Å². The summed E-state index contributed by atoms with van der Waals surface area (Å²) in [5.41, 5.74) is 2.83. The van der Waals surface area contributed by atoms with Gasteiger partial charge in [-0.15, -0.1) is 0 Å². The van der Waals surface area contributed by atoms with Crippen molar-refractivity contribution in [1.29, 1.82) is 0 Å². The third-order valence-corrected chi connectivity index (χ3v) is 4.36. The molecule has 0 saturated carbocycles. The number of para-hydroxylation sites is 2. The Kier molecular flexibility index (Phi) is 6.20. The number of nitrogens with zero attached hydrogens (tertiary/aromatic N) is 2. The molecule has 1 heterocycles. The number of carbonyl (C=O) groups excluding carboxylic acids is 2. The number of benzene rings is 2. The normalized spacial score (nSPS) is 10.7. The molecule has 0 aliphatic rings. The minimum Gasteiger partial charge on any atom is -0.356 e. The highest BCUT2D eigenvalue weighted by atomic mass is 16.2. The third kappa shape index (κ3) is 4.94. The maximum absolute atomic E-state index is 12.5. The van der Waals surface area contributed by atoms with Gasteiger partial charge in [-0.1, -0.05) is 49.4 Å². The van der Waals surface area contributed by atoms with Gasteiger partial charge in [0.15, 0.2) is 0 Å². The van der Waals surface area contributed by atoms with Gasteiger partial charge in [0.1, 0.15) is 12.4 Å². The number of rotatable bonds is 8. The summed E-state index contributed by atoms with van der Waals surface area (Å²) in [5.74, 6) is 0.738. The van der Waals surface area contributed by atoms with Gasteiger partial charge in [-0.25, -0.2) is 4.98 Å². The topological polar surface area (TPSA) is 76.0 Å². The SMILES string of the molecule is CCC(=O)NCCc1nc2ccccc2n1CC(=O)NCc1ccccc1. The zero-order chi connectivity index (χ0) is 19.1. The van der Waals surface area contributed by atoms with Crippen molar-refractivity contribution in [2.45, 2.75) is 32.9 Å². The summed E-state index contributed by atoms with van der Waals surface area (Å²) < 4.78 is 1.92. The van der Waals surface area contributed by atoms with Crippen molar-refractivity contribution >= 4 is 22.8 Å². The van der Waals surface area contributed by atoms with Gasteiger partial charge in [0, 0.05) is 25.9 Å². The van der Waals surface area contributed by atoms with E-state index in [2.05, 4.69) is 15.6 Å². The molecule has 0 aliphatic carbocycles. The minimum atomic E-state index is -0.0687. The number of imidazole rings is 1. The maximum Gasteiger partial charge on any atom is 0.240 e. The summed E-state index contributed by atoms with van der Waals surface area (Å²) in [7, 11) is 0. The van der Waals surface area contributed by atoms with E-state index in [0.29, 0.717) is 25.9 Å². The molecule has 1 aromatic heterocycles. The van der Waals surface area contributed by atoms with Gasteiger partial charge in [0.05, 0.1) is 11.0 Å². The number of hydrogen-bond donors (Lipinski definition) is 2. The molecule has 3 rings (SSSR count). The van der Waals surface area contributed by atoms with Crippen LogP contribution < -0.4 is 10.6 Å². The Morgan fingerprint density at radius 1 is 0.963 bits per heavy atom. The molecule has 3 aromatic rings. The Hall–Kier alpha value is -3.15. The van der Waals surface area contributed by atoms with Gasteiger partial charge in [-0.05, 0) is 17.7 Å². The molecule has 0 spiro atoms. The Balaban J connectivity index is 1.70. The molecule has 6 heteroatoms. The molecule has 0 radical (unpaired) electrons. The second kappa shape index (κ2) is 8.98. The molecule has 140 valence electrons. The fourth-order valence-electron chi connectivity index (χ4n) is 2.93. The van der Waals surface area contributed by atoms with Crippen LogP contribution in [-0.2, 0) is 29.1 Å². The lowest BCUT2D eigenvalue weighted by molar-refractivity contribution is -0.122. The molecule has 0 atom stereocenters. The first-order valence-electron chi connectivity index (χ1n) is 9.19. The molecule has 0 saturated heterocycles. The summed E-state index contributed by atoms with van der Waals surface area (Å²) >= 11 is 0. The van der Waals surface area contributed by atoms with Crippen LogP contribution in [0.25, 0.3) is 11.0 Å². The average Bonchev–Trinajstić information content (AvgIpc) is 3.04. The summed E-state index contributed by atoms with van der Waals surface area (Å²) in [6.45, 7) is 3.02. The first-order valence-corrected chi connectivity index (χ1v) is 9.19. The van der Waals surface area contributed by atoms with E-state index in [0.717, 1.165) is 22.4 Å². The van der Waals surface area contributed by atoms with E-state index >= 15 is 0 Å². The van der Waals surface area contributed by atoms with Crippen molar-refractivity contribution in [3.63, 3.8) is 0 Å². The smallest absolute Gasteiger partial charge is 0.240 e. The van der Waals surface area contributed by atoms with E-state index in [9.17, 15) is 9.59 Å². The summed E-state index contributed by atoms with van der Waals surface area (Å²) in [4.78, 5) is 28.6. The van der Waals surface area contributed by atoms with Gasteiger partial charge in [-0.3, -0.25) is 9.59 Å². The van der Waals surface area contributed by atoms with Crippen LogP contribution in [0.15, 0.2) is 54.6 Å². The van der Waals surface area contributed by atoms with E-state index in [1.165, 1.54) is 0 Å². The number of carbonyl (C=O) groups is 2. The zero-order valence-corrected chi connectivity index (χ0v) is 15.4. The van der Waals surface area contributed by atoms with Gasteiger partial charge in [0.2, 0.25) is 11.8 Å². The predicted molar refractivity (Wildman–Crippen MR) is 105 cm³/mol. The Morgan fingerprint density at radius 3 is 2.48 bits per heavy atom. The second-order valence-corrected chi connectivity index (χ2v) is 6.32. The predicted octanol–water partition coefficient (Wildman–Crippen LogP) is 2.42. The fraction of sp³-hybridized carbons (Fsp3) is 0.286. The molecule has 0 aliphatic heterocycles. The summed E-state index contributed by atoms with van der Waals surface area (Å²) in [5, 5.41) is 5.81. The van der Waals surface area contributed by atoms with Crippen LogP contribution in [0.1, 0.15) is 24.7 Å². The maximum atomic E-state index is 12.5. The monoisotopic (exact) mass is 364 g/mol. The van der Waals surface area contributed by atoms with Crippen LogP contribution in [0.4, 0.5) is 0 Å². The molecule has 6 nitrogen and oxygen atoms in total. The summed E-state index contributed by atoms with van der Waals surface area (Å²) in [6.07, 6.45) is 1.03. The van der Waals surface area contributed by atoms with Gasteiger partial charge in [-0.2, -0.15) is 0 Å². The van der Waals surface area contributed by atoms with Crippen molar-refractivity contribution in [2.24, 2.45) is 0 Å². The van der Waals surface area contributed by atoms with E-state index < -0.39 is 0 Å². The van der Waals surface area contributed by atoms with Crippen LogP contribution in [0.5, 0.6) is 0 Å². The van der Waals surface area contributed by atoms with E-state index in [1.54, 1.807) is 0 Å². The van der Waals surface area contributed by atoms with Crippen LogP contribution in [-0.4, -0.2) is 27.9 Å². The molecule has 0 fully saturated rings. The van der Waals surface area contributed by atoms with E-state index in [-0.39, 0.29) is 18.4 Å². The molecular formula is C21H24N4O2. The fourth-order valence-corrected chi connectivity index (χ4v) is 2.93. The Morgan fingerprint density at radius 2 is 1.70 bits per heavy atom. The number of aromatic nitrogens is 2. The number of nitrogens with one attached hydrogen (secondary N) is 2.